The first-order valence-corrected chi connectivity index (χ1v) is 5.51. The van der Waals surface area contributed by atoms with Gasteiger partial charge in [0.15, 0.2) is 0 Å². The molecule has 0 aliphatic rings. The molecule has 0 spiro atoms. The zero-order chi connectivity index (χ0) is 11.3. The van der Waals surface area contributed by atoms with Gasteiger partial charge in [0, 0.05) is 31.4 Å². The quantitative estimate of drug-likeness (QED) is 0.746. The number of rotatable bonds is 6. The van der Waals surface area contributed by atoms with E-state index < -0.39 is 0 Å². The molecule has 4 nitrogen and oxygen atoms in total. The maximum Gasteiger partial charge on any atom is 0.0762 e. The summed E-state index contributed by atoms with van der Waals surface area (Å²) < 4.78 is 1.95. The first-order chi connectivity index (χ1) is 7.13. The van der Waals surface area contributed by atoms with Gasteiger partial charge < -0.3 is 10.4 Å². The molecule has 1 aromatic rings. The number of nitrogens with zero attached hydrogens (tertiary/aromatic N) is 2. The summed E-state index contributed by atoms with van der Waals surface area (Å²) in [6, 6.07) is 2.77. The molecule has 86 valence electrons. The van der Waals surface area contributed by atoms with Gasteiger partial charge in [-0.15, -0.1) is 0 Å². The SMILES string of the molecule is CC(CCO)NCc1ccn(C(C)C)n1. The smallest absolute Gasteiger partial charge is 0.0762 e. The van der Waals surface area contributed by atoms with Crippen molar-refractivity contribution in [3.05, 3.63) is 18.0 Å². The maximum atomic E-state index is 8.75. The molecule has 0 aromatic carbocycles. The lowest BCUT2D eigenvalue weighted by atomic mass is 10.2. The molecule has 0 radical (unpaired) electrons. The Labute approximate surface area is 91.3 Å². The second-order valence-electron chi connectivity index (χ2n) is 4.18. The average molecular weight is 211 g/mol. The summed E-state index contributed by atoms with van der Waals surface area (Å²) >= 11 is 0. The van der Waals surface area contributed by atoms with Crippen molar-refractivity contribution < 1.29 is 5.11 Å². The van der Waals surface area contributed by atoms with Gasteiger partial charge in [-0.25, -0.2) is 0 Å². The topological polar surface area (TPSA) is 50.1 Å². The lowest BCUT2D eigenvalue weighted by molar-refractivity contribution is 0.268. The van der Waals surface area contributed by atoms with E-state index in [2.05, 4.69) is 31.2 Å². The molecule has 0 bridgehead atoms. The molecule has 1 atom stereocenters. The highest BCUT2D eigenvalue weighted by Gasteiger charge is 2.04. The van der Waals surface area contributed by atoms with E-state index in [4.69, 9.17) is 5.11 Å². The minimum absolute atomic E-state index is 0.231. The van der Waals surface area contributed by atoms with Crippen LogP contribution >= 0.6 is 0 Å². The summed E-state index contributed by atoms with van der Waals surface area (Å²) in [5, 5.41) is 16.5. The minimum Gasteiger partial charge on any atom is -0.396 e. The molecule has 0 fully saturated rings. The van der Waals surface area contributed by atoms with Crippen molar-refractivity contribution in [2.45, 2.75) is 45.8 Å². The maximum absolute atomic E-state index is 8.75. The number of nitrogens with one attached hydrogen (secondary N) is 1. The van der Waals surface area contributed by atoms with Crippen molar-refractivity contribution in [1.82, 2.24) is 15.1 Å². The second kappa shape index (κ2) is 5.88. The van der Waals surface area contributed by atoms with Crippen molar-refractivity contribution in [1.29, 1.82) is 0 Å². The van der Waals surface area contributed by atoms with E-state index >= 15 is 0 Å². The molecule has 2 N–H and O–H groups in total. The van der Waals surface area contributed by atoms with E-state index in [1.54, 1.807) is 0 Å². The predicted molar refractivity (Wildman–Crippen MR) is 60.6 cm³/mol. The summed E-state index contributed by atoms with van der Waals surface area (Å²) in [6.45, 7) is 7.28. The largest absolute Gasteiger partial charge is 0.396 e. The van der Waals surface area contributed by atoms with E-state index in [9.17, 15) is 0 Å². The summed E-state index contributed by atoms with van der Waals surface area (Å²) in [5.74, 6) is 0. The molecule has 1 unspecified atom stereocenters. The van der Waals surface area contributed by atoms with Gasteiger partial charge in [0.1, 0.15) is 0 Å². The standard InChI is InChI=1S/C11H21N3O/c1-9(2)14-6-4-11(13-14)8-12-10(3)5-7-15/h4,6,9-10,12,15H,5,7-8H2,1-3H3. The molecule has 0 aliphatic carbocycles. The molecule has 1 aromatic heterocycles. The zero-order valence-electron chi connectivity index (χ0n) is 9.77. The molecule has 0 saturated carbocycles. The summed E-state index contributed by atoms with van der Waals surface area (Å²) in [6.07, 6.45) is 2.78. The molecule has 0 aliphatic heterocycles. The highest BCUT2D eigenvalue weighted by atomic mass is 16.3. The van der Waals surface area contributed by atoms with Gasteiger partial charge in [0.25, 0.3) is 0 Å². The first kappa shape index (κ1) is 12.2. The summed E-state index contributed by atoms with van der Waals surface area (Å²) in [4.78, 5) is 0. The lowest BCUT2D eigenvalue weighted by Crippen LogP contribution is -2.26. The van der Waals surface area contributed by atoms with Gasteiger partial charge in [-0.2, -0.15) is 5.10 Å². The Morgan fingerprint density at radius 2 is 2.20 bits per heavy atom. The van der Waals surface area contributed by atoms with Crippen LogP contribution in [0.1, 0.15) is 38.9 Å². The zero-order valence-corrected chi connectivity index (χ0v) is 9.77. The van der Waals surface area contributed by atoms with Crippen LogP contribution in [-0.2, 0) is 6.54 Å². The number of aliphatic hydroxyl groups excluding tert-OH is 1. The van der Waals surface area contributed by atoms with Crippen LogP contribution in [0.3, 0.4) is 0 Å². The van der Waals surface area contributed by atoms with Crippen LogP contribution in [0.2, 0.25) is 0 Å². The monoisotopic (exact) mass is 211 g/mol. The lowest BCUT2D eigenvalue weighted by Gasteiger charge is -2.10. The second-order valence-corrected chi connectivity index (χ2v) is 4.18. The first-order valence-electron chi connectivity index (χ1n) is 5.51. The van der Waals surface area contributed by atoms with Crippen LogP contribution < -0.4 is 5.32 Å². The Morgan fingerprint density at radius 3 is 2.73 bits per heavy atom. The highest BCUT2D eigenvalue weighted by Crippen LogP contribution is 2.04. The Morgan fingerprint density at radius 1 is 1.47 bits per heavy atom. The van der Waals surface area contributed by atoms with Crippen molar-refractivity contribution in [3.63, 3.8) is 0 Å². The van der Waals surface area contributed by atoms with Crippen molar-refractivity contribution >= 4 is 0 Å². The molecule has 1 rings (SSSR count). The molecule has 4 heteroatoms. The van der Waals surface area contributed by atoms with E-state index in [0.29, 0.717) is 12.1 Å². The Balaban J connectivity index is 2.37. The number of hydrogen-bond donors (Lipinski definition) is 2. The van der Waals surface area contributed by atoms with Crippen LogP contribution in [-0.4, -0.2) is 27.5 Å². The molecule has 1 heterocycles. The Hall–Kier alpha value is -0.870. The summed E-state index contributed by atoms with van der Waals surface area (Å²) in [7, 11) is 0. The van der Waals surface area contributed by atoms with Crippen LogP contribution in [0.25, 0.3) is 0 Å². The van der Waals surface area contributed by atoms with Crippen LogP contribution in [0, 0.1) is 0 Å². The predicted octanol–water partition coefficient (Wildman–Crippen LogP) is 1.32. The molecular formula is C11H21N3O. The third-order valence-corrected chi connectivity index (χ3v) is 2.39. The fraction of sp³-hybridized carbons (Fsp3) is 0.727. The number of hydrogen-bond acceptors (Lipinski definition) is 3. The number of aromatic nitrogens is 2. The molecule has 0 amide bonds. The van der Waals surface area contributed by atoms with Crippen LogP contribution in [0.5, 0.6) is 0 Å². The Kier molecular flexibility index (Phi) is 4.78. The normalized spacial score (nSPS) is 13.4. The van der Waals surface area contributed by atoms with Gasteiger partial charge in [0.2, 0.25) is 0 Å². The van der Waals surface area contributed by atoms with Gasteiger partial charge in [-0.3, -0.25) is 4.68 Å². The van der Waals surface area contributed by atoms with Crippen LogP contribution in [0.15, 0.2) is 12.3 Å². The van der Waals surface area contributed by atoms with Gasteiger partial charge in [-0.1, -0.05) is 0 Å². The molecule has 0 saturated heterocycles. The van der Waals surface area contributed by atoms with Gasteiger partial charge in [0.05, 0.1) is 5.69 Å². The molecular weight excluding hydrogens is 190 g/mol. The van der Waals surface area contributed by atoms with Crippen molar-refractivity contribution in [3.8, 4) is 0 Å². The average Bonchev–Trinajstić information content (AvgIpc) is 2.63. The van der Waals surface area contributed by atoms with Gasteiger partial charge in [-0.05, 0) is 33.3 Å². The fourth-order valence-corrected chi connectivity index (χ4v) is 1.33. The summed E-state index contributed by atoms with van der Waals surface area (Å²) in [5.41, 5.74) is 1.05. The van der Waals surface area contributed by atoms with Crippen LogP contribution in [0.4, 0.5) is 0 Å². The highest BCUT2D eigenvalue weighted by molar-refractivity contribution is 4.99. The Bertz CT molecular complexity index is 283. The van der Waals surface area contributed by atoms with E-state index in [1.807, 2.05) is 16.9 Å². The third-order valence-electron chi connectivity index (χ3n) is 2.39. The molecule has 15 heavy (non-hydrogen) atoms. The van der Waals surface area contributed by atoms with E-state index in [1.165, 1.54) is 0 Å². The number of aliphatic hydroxyl groups is 1. The van der Waals surface area contributed by atoms with E-state index in [-0.39, 0.29) is 6.61 Å². The van der Waals surface area contributed by atoms with Gasteiger partial charge >= 0.3 is 0 Å². The minimum atomic E-state index is 0.231. The third kappa shape index (κ3) is 4.01. The van der Waals surface area contributed by atoms with Crippen molar-refractivity contribution in [2.24, 2.45) is 0 Å². The van der Waals surface area contributed by atoms with Crippen molar-refractivity contribution in [2.75, 3.05) is 6.61 Å². The fourth-order valence-electron chi connectivity index (χ4n) is 1.33. The van der Waals surface area contributed by atoms with E-state index in [0.717, 1.165) is 18.7 Å².